The van der Waals surface area contributed by atoms with Gasteiger partial charge in [-0.05, 0) is 139 Å². The van der Waals surface area contributed by atoms with Gasteiger partial charge in [-0.2, -0.15) is 0 Å². The van der Waals surface area contributed by atoms with Gasteiger partial charge >= 0.3 is 0 Å². The minimum Gasteiger partial charge on any atom is -0.310 e. The molecule has 2 nitrogen and oxygen atoms in total. The van der Waals surface area contributed by atoms with Gasteiger partial charge in [0.2, 0.25) is 0 Å². The molecule has 0 bridgehead atoms. The van der Waals surface area contributed by atoms with E-state index in [0.717, 1.165) is 44.9 Å². The van der Waals surface area contributed by atoms with Gasteiger partial charge in [0, 0.05) is 34.0 Å². The second-order valence-electron chi connectivity index (χ2n) is 18.3. The van der Waals surface area contributed by atoms with Crippen LogP contribution >= 0.6 is 0 Å². The standard InChI is InChI=1S/C68H46N2/c1-6-23-47(24-7-1)67(48-25-8-2-9-26-48)60-37-19-17-34-55(60)58-36-22-40-65(66(58)67)70(51-31-14-5-15-32-51)53-41-43-57-54-33-16-20-38-61(54)68(64(57)46-53)62-39-21-18-35-56(62)59-45-52(42-44-63(59)68)69(49-27-10-3-11-28-49)50-29-12-4-13-30-50/h1-46H/i3D,10D,11D,27D,28D. The Balaban J connectivity index is 1.03. The molecule has 0 heterocycles. The SMILES string of the molecule is [2H]c1c([2H])c([2H])c(N(c2ccccc2)c2ccc3c(c2)-c2ccccc2C32c3ccccc3-c3ccc(N(c4ccccc4)c4cccc5c4C(c4ccccc4)(c4ccccc4)c4ccccc4-5)cc32)c([2H])c1[2H]. The fraction of sp³-hybridized carbons (Fsp3) is 0.0294. The highest BCUT2D eigenvalue weighted by Gasteiger charge is 2.53. The van der Waals surface area contributed by atoms with Crippen molar-refractivity contribution in [2.24, 2.45) is 0 Å². The smallest absolute Gasteiger partial charge is 0.0734 e. The normalized spacial score (nSPS) is 16.0. The highest BCUT2D eigenvalue weighted by Crippen LogP contribution is 2.65. The number of rotatable bonds is 8. The summed E-state index contributed by atoms with van der Waals surface area (Å²) in [5, 5.41) is 0. The molecule has 3 aliphatic rings. The van der Waals surface area contributed by atoms with Gasteiger partial charge in [-0.15, -0.1) is 0 Å². The summed E-state index contributed by atoms with van der Waals surface area (Å²) in [6.07, 6.45) is 0. The molecule has 1 spiro atoms. The molecule has 0 aromatic heterocycles. The van der Waals surface area contributed by atoms with Crippen LogP contribution in [0.3, 0.4) is 0 Å². The molecule has 0 aliphatic heterocycles. The fourth-order valence-electron chi connectivity index (χ4n) is 12.4. The van der Waals surface area contributed by atoms with Gasteiger partial charge < -0.3 is 9.80 Å². The van der Waals surface area contributed by atoms with Crippen LogP contribution in [0.25, 0.3) is 33.4 Å². The van der Waals surface area contributed by atoms with Gasteiger partial charge in [0.1, 0.15) is 0 Å². The van der Waals surface area contributed by atoms with E-state index in [-0.39, 0.29) is 29.9 Å². The average molecular weight is 896 g/mol. The van der Waals surface area contributed by atoms with Gasteiger partial charge in [0.05, 0.1) is 23.4 Å². The lowest BCUT2D eigenvalue weighted by Gasteiger charge is -2.38. The van der Waals surface area contributed by atoms with Crippen LogP contribution in [0.1, 0.15) is 51.4 Å². The van der Waals surface area contributed by atoms with Crippen molar-refractivity contribution in [2.75, 3.05) is 9.80 Å². The Labute approximate surface area is 416 Å². The second-order valence-corrected chi connectivity index (χ2v) is 18.3. The Kier molecular flexibility index (Phi) is 7.95. The van der Waals surface area contributed by atoms with Crippen molar-refractivity contribution < 1.29 is 6.85 Å². The van der Waals surface area contributed by atoms with E-state index in [1.807, 2.05) is 35.2 Å². The maximum atomic E-state index is 9.17. The predicted molar refractivity (Wildman–Crippen MR) is 289 cm³/mol. The summed E-state index contributed by atoms with van der Waals surface area (Å²) < 4.78 is 44.2. The van der Waals surface area contributed by atoms with E-state index in [2.05, 4.69) is 223 Å². The molecule has 0 amide bonds. The van der Waals surface area contributed by atoms with Crippen molar-refractivity contribution in [2.45, 2.75) is 10.8 Å². The first-order chi connectivity index (χ1) is 36.8. The average Bonchev–Trinajstić information content (AvgIpc) is 4.08. The number of hydrogen-bond acceptors (Lipinski definition) is 2. The third-order valence-electron chi connectivity index (χ3n) is 15.0. The zero-order valence-corrected chi connectivity index (χ0v) is 38.1. The molecule has 0 fully saturated rings. The molecule has 11 aromatic carbocycles. The van der Waals surface area contributed by atoms with Crippen LogP contribution in [0.15, 0.2) is 279 Å². The summed E-state index contributed by atoms with van der Waals surface area (Å²) in [7, 11) is 0. The van der Waals surface area contributed by atoms with Crippen molar-refractivity contribution >= 4 is 34.1 Å². The molecular weight excluding hydrogens is 845 g/mol. The lowest BCUT2D eigenvalue weighted by atomic mass is 9.67. The molecule has 70 heavy (non-hydrogen) atoms. The first-order valence-corrected chi connectivity index (χ1v) is 23.9. The maximum absolute atomic E-state index is 9.17. The molecule has 0 saturated heterocycles. The van der Waals surface area contributed by atoms with Crippen molar-refractivity contribution in [1.82, 2.24) is 0 Å². The third-order valence-corrected chi connectivity index (χ3v) is 15.0. The zero-order chi connectivity index (χ0) is 50.6. The summed E-state index contributed by atoms with van der Waals surface area (Å²) in [6, 6.07) is 87.2. The van der Waals surface area contributed by atoms with E-state index in [1.54, 1.807) is 0 Å². The van der Waals surface area contributed by atoms with Gasteiger partial charge in [-0.1, -0.05) is 212 Å². The van der Waals surface area contributed by atoms with E-state index < -0.39 is 16.9 Å². The molecule has 1 atom stereocenters. The lowest BCUT2D eigenvalue weighted by Crippen LogP contribution is -2.30. The number of benzene rings is 11. The first-order valence-electron chi connectivity index (χ1n) is 26.4. The number of anilines is 6. The van der Waals surface area contributed by atoms with Gasteiger partial charge in [-0.25, -0.2) is 0 Å². The molecule has 0 saturated carbocycles. The van der Waals surface area contributed by atoms with Crippen LogP contribution in [0.4, 0.5) is 34.1 Å². The van der Waals surface area contributed by atoms with Crippen molar-refractivity contribution in [3.8, 4) is 33.4 Å². The molecular formula is C68H46N2. The number of fused-ring (bicyclic) bond motifs is 13. The first kappa shape index (κ1) is 35.2. The monoisotopic (exact) mass is 895 g/mol. The van der Waals surface area contributed by atoms with Crippen LogP contribution < -0.4 is 9.80 Å². The Bertz CT molecular complexity index is 4020. The maximum Gasteiger partial charge on any atom is 0.0734 e. The van der Waals surface area contributed by atoms with Crippen LogP contribution in [0.2, 0.25) is 0 Å². The number of hydrogen-bond donors (Lipinski definition) is 0. The molecule has 0 N–H and O–H groups in total. The molecule has 2 heteroatoms. The van der Waals surface area contributed by atoms with E-state index in [9.17, 15) is 2.74 Å². The summed E-state index contributed by atoms with van der Waals surface area (Å²) in [4.78, 5) is 4.27. The van der Waals surface area contributed by atoms with Crippen LogP contribution in [0, 0.1) is 0 Å². The van der Waals surface area contributed by atoms with Crippen molar-refractivity contribution in [1.29, 1.82) is 0 Å². The highest BCUT2D eigenvalue weighted by molar-refractivity contribution is 5.99. The molecule has 0 radical (unpaired) electrons. The lowest BCUT2D eigenvalue weighted by molar-refractivity contribution is 0.767. The summed E-state index contributed by atoms with van der Waals surface area (Å²) >= 11 is 0. The molecule has 328 valence electrons. The Morgan fingerprint density at radius 1 is 0.271 bits per heavy atom. The predicted octanol–water partition coefficient (Wildman–Crippen LogP) is 17.3. The Hall–Kier alpha value is -8.98. The van der Waals surface area contributed by atoms with E-state index in [4.69, 9.17) is 4.11 Å². The van der Waals surface area contributed by atoms with Crippen LogP contribution in [0.5, 0.6) is 0 Å². The van der Waals surface area contributed by atoms with Gasteiger partial charge in [0.15, 0.2) is 0 Å². The summed E-state index contributed by atoms with van der Waals surface area (Å²) in [6.45, 7) is 0. The van der Waals surface area contributed by atoms with E-state index in [1.165, 1.54) is 50.1 Å². The topological polar surface area (TPSA) is 6.48 Å². The fourth-order valence-corrected chi connectivity index (χ4v) is 12.4. The van der Waals surface area contributed by atoms with Gasteiger partial charge in [0.25, 0.3) is 0 Å². The highest BCUT2D eigenvalue weighted by atomic mass is 15.2. The zero-order valence-electron chi connectivity index (χ0n) is 43.1. The molecule has 14 rings (SSSR count). The van der Waals surface area contributed by atoms with Crippen molar-refractivity contribution in [3.63, 3.8) is 0 Å². The molecule has 11 aromatic rings. The largest absolute Gasteiger partial charge is 0.310 e. The molecule has 1 unspecified atom stereocenters. The summed E-state index contributed by atoms with van der Waals surface area (Å²) in [5.41, 5.74) is 19.5. The second kappa shape index (κ2) is 15.8. The number of nitrogens with zero attached hydrogens (tertiary/aromatic N) is 2. The van der Waals surface area contributed by atoms with Crippen LogP contribution in [-0.4, -0.2) is 0 Å². The molecule has 3 aliphatic carbocycles. The minimum absolute atomic E-state index is 0.0920. The Morgan fingerprint density at radius 2 is 0.714 bits per heavy atom. The van der Waals surface area contributed by atoms with E-state index >= 15 is 0 Å². The number of para-hydroxylation sites is 3. The minimum atomic E-state index is -0.740. The van der Waals surface area contributed by atoms with Gasteiger partial charge in [-0.3, -0.25) is 0 Å². The third kappa shape index (κ3) is 5.62. The summed E-state index contributed by atoms with van der Waals surface area (Å²) in [5.74, 6) is 0. The van der Waals surface area contributed by atoms with Crippen LogP contribution in [-0.2, 0) is 10.8 Å². The van der Waals surface area contributed by atoms with Crippen molar-refractivity contribution in [3.05, 3.63) is 323 Å². The quantitative estimate of drug-likeness (QED) is 0.150. The van der Waals surface area contributed by atoms with E-state index in [0.29, 0.717) is 11.4 Å². The Morgan fingerprint density at radius 3 is 1.33 bits per heavy atom.